The van der Waals surface area contributed by atoms with Crippen molar-refractivity contribution in [3.8, 4) is 0 Å². The first-order valence-corrected chi connectivity index (χ1v) is 16.1. The molecule has 218 valence electrons. The highest BCUT2D eigenvalue weighted by atomic mass is 16.5. The van der Waals surface area contributed by atoms with E-state index in [9.17, 15) is 20.1 Å². The Labute approximate surface area is 230 Å². The van der Waals surface area contributed by atoms with Gasteiger partial charge < -0.3 is 25.4 Å². The van der Waals surface area contributed by atoms with E-state index >= 15 is 0 Å². The van der Waals surface area contributed by atoms with E-state index < -0.39 is 0 Å². The number of amides is 1. The van der Waals surface area contributed by atoms with Crippen molar-refractivity contribution >= 4 is 6.09 Å². The van der Waals surface area contributed by atoms with Crippen molar-refractivity contribution in [3.05, 3.63) is 0 Å². The van der Waals surface area contributed by atoms with Crippen molar-refractivity contribution in [2.75, 3.05) is 6.61 Å². The SMILES string of the molecule is CC[C@H]1[C@@H](O)[C@@H]2[C@H](CC[C@]3(C)[C@@H]([C@H](C)CCOC(=O)NC4CCC(O)CC4)CC[C@@H]23)[C@@]2(C)CC[C@@H](O)C[C@@H]12. The monoisotopic (exact) mass is 533 g/mol. The van der Waals surface area contributed by atoms with Crippen LogP contribution in [0.15, 0.2) is 0 Å². The number of fused-ring (bicyclic) bond motifs is 5. The molecule has 0 spiro atoms. The molecule has 0 bridgehead atoms. The molecule has 5 saturated carbocycles. The van der Waals surface area contributed by atoms with Gasteiger partial charge in [-0.1, -0.05) is 34.1 Å². The maximum atomic E-state index is 12.4. The van der Waals surface area contributed by atoms with E-state index in [1.807, 2.05) is 0 Å². The summed E-state index contributed by atoms with van der Waals surface area (Å²) in [7, 11) is 0. The first-order valence-electron chi connectivity index (χ1n) is 16.1. The Balaban J connectivity index is 1.20. The molecule has 4 N–H and O–H groups in total. The fourth-order valence-corrected chi connectivity index (χ4v) is 10.9. The van der Waals surface area contributed by atoms with Crippen molar-refractivity contribution in [2.24, 2.45) is 52.3 Å². The first-order chi connectivity index (χ1) is 18.1. The average Bonchev–Trinajstić information content (AvgIpc) is 3.24. The van der Waals surface area contributed by atoms with Crippen LogP contribution >= 0.6 is 0 Å². The Morgan fingerprint density at radius 3 is 2.29 bits per heavy atom. The zero-order chi connectivity index (χ0) is 27.2. The second-order valence-corrected chi connectivity index (χ2v) is 14.7. The summed E-state index contributed by atoms with van der Waals surface area (Å²) in [5.41, 5.74) is 0.481. The second-order valence-electron chi connectivity index (χ2n) is 14.7. The molecule has 1 amide bonds. The van der Waals surface area contributed by atoms with Crippen LogP contribution in [0.3, 0.4) is 0 Å². The number of nitrogens with one attached hydrogen (secondary N) is 1. The number of hydrogen-bond acceptors (Lipinski definition) is 5. The summed E-state index contributed by atoms with van der Waals surface area (Å²) in [5, 5.41) is 35.1. The van der Waals surface area contributed by atoms with Gasteiger partial charge in [-0.15, -0.1) is 0 Å². The van der Waals surface area contributed by atoms with E-state index in [0.29, 0.717) is 48.0 Å². The van der Waals surface area contributed by atoms with E-state index in [-0.39, 0.29) is 41.3 Å². The van der Waals surface area contributed by atoms with Crippen LogP contribution in [0.5, 0.6) is 0 Å². The fraction of sp³-hybridized carbons (Fsp3) is 0.969. The van der Waals surface area contributed by atoms with E-state index in [2.05, 4.69) is 33.0 Å². The van der Waals surface area contributed by atoms with Crippen LogP contribution in [-0.4, -0.2) is 52.4 Å². The van der Waals surface area contributed by atoms with Gasteiger partial charge >= 0.3 is 6.09 Å². The van der Waals surface area contributed by atoms with Crippen LogP contribution in [-0.2, 0) is 4.74 Å². The molecule has 5 rings (SSSR count). The smallest absolute Gasteiger partial charge is 0.407 e. The largest absolute Gasteiger partial charge is 0.450 e. The summed E-state index contributed by atoms with van der Waals surface area (Å²) >= 11 is 0. The minimum Gasteiger partial charge on any atom is -0.450 e. The molecule has 11 atom stereocenters. The van der Waals surface area contributed by atoms with Gasteiger partial charge in [0.1, 0.15) is 0 Å². The molecule has 0 aromatic rings. The number of aliphatic hydroxyl groups is 3. The summed E-state index contributed by atoms with van der Waals surface area (Å²) < 4.78 is 5.61. The number of hydrogen-bond donors (Lipinski definition) is 4. The highest BCUT2D eigenvalue weighted by Crippen LogP contribution is 2.69. The lowest BCUT2D eigenvalue weighted by molar-refractivity contribution is -0.203. The van der Waals surface area contributed by atoms with E-state index in [4.69, 9.17) is 4.74 Å². The maximum Gasteiger partial charge on any atom is 0.407 e. The van der Waals surface area contributed by atoms with Crippen molar-refractivity contribution in [3.63, 3.8) is 0 Å². The molecule has 0 saturated heterocycles. The predicted octanol–water partition coefficient (Wildman–Crippen LogP) is 5.67. The zero-order valence-corrected chi connectivity index (χ0v) is 24.4. The highest BCUT2D eigenvalue weighted by Gasteiger charge is 2.64. The molecule has 38 heavy (non-hydrogen) atoms. The van der Waals surface area contributed by atoms with Crippen LogP contribution in [0, 0.1) is 52.3 Å². The van der Waals surface area contributed by atoms with E-state index in [1.54, 1.807) is 0 Å². The van der Waals surface area contributed by atoms with Crippen LogP contribution in [0.2, 0.25) is 0 Å². The van der Waals surface area contributed by atoms with Crippen LogP contribution in [0.25, 0.3) is 0 Å². The fourth-order valence-electron chi connectivity index (χ4n) is 10.9. The molecule has 6 heteroatoms. The second kappa shape index (κ2) is 11.2. The first kappa shape index (κ1) is 28.7. The lowest BCUT2D eigenvalue weighted by Crippen LogP contribution is -2.62. The quantitative estimate of drug-likeness (QED) is 0.353. The van der Waals surface area contributed by atoms with Gasteiger partial charge in [0, 0.05) is 6.04 Å². The Bertz CT molecular complexity index is 829. The van der Waals surface area contributed by atoms with Crippen molar-refractivity contribution in [1.29, 1.82) is 0 Å². The average molecular weight is 534 g/mol. The number of alkyl carbamates (subject to hydrolysis) is 1. The van der Waals surface area contributed by atoms with Crippen molar-refractivity contribution < 1.29 is 24.9 Å². The lowest BCUT2D eigenvalue weighted by Gasteiger charge is -2.64. The molecule has 0 unspecified atom stereocenters. The third-order valence-corrected chi connectivity index (χ3v) is 13.0. The zero-order valence-electron chi connectivity index (χ0n) is 24.4. The maximum absolute atomic E-state index is 12.4. The normalized spacial score (nSPS) is 49.3. The third-order valence-electron chi connectivity index (χ3n) is 13.0. The summed E-state index contributed by atoms with van der Waals surface area (Å²) in [6.45, 7) is 10.1. The summed E-state index contributed by atoms with van der Waals surface area (Å²) in [4.78, 5) is 12.4. The number of carbonyl (C=O) groups excluding carboxylic acids is 1. The van der Waals surface area contributed by atoms with Crippen molar-refractivity contribution in [2.45, 2.75) is 136 Å². The molecule has 6 nitrogen and oxygen atoms in total. The topological polar surface area (TPSA) is 99.0 Å². The van der Waals surface area contributed by atoms with E-state index in [1.165, 1.54) is 25.7 Å². The third kappa shape index (κ3) is 5.04. The molecule has 5 fully saturated rings. The van der Waals surface area contributed by atoms with Crippen LogP contribution < -0.4 is 5.32 Å². The van der Waals surface area contributed by atoms with Crippen LogP contribution in [0.4, 0.5) is 4.79 Å². The van der Waals surface area contributed by atoms with Crippen molar-refractivity contribution in [1.82, 2.24) is 5.32 Å². The minimum atomic E-state index is -0.314. The molecule has 5 aliphatic carbocycles. The molecule has 5 aliphatic rings. The molecule has 0 aromatic heterocycles. The van der Waals surface area contributed by atoms with Gasteiger partial charge in [0.05, 0.1) is 24.9 Å². The van der Waals surface area contributed by atoms with Gasteiger partial charge in [-0.05, 0) is 129 Å². The van der Waals surface area contributed by atoms with Gasteiger partial charge in [-0.2, -0.15) is 0 Å². The number of carbonyl (C=O) groups is 1. The van der Waals surface area contributed by atoms with E-state index in [0.717, 1.165) is 57.8 Å². The number of rotatable bonds is 6. The lowest BCUT2D eigenvalue weighted by atomic mass is 9.41. The molecule has 0 heterocycles. The van der Waals surface area contributed by atoms with Gasteiger partial charge in [0.2, 0.25) is 0 Å². The molecular weight excluding hydrogens is 478 g/mol. The standard InChI is InChI=1S/C32H55NO5/c1-5-23-27-18-22(35)12-15-32(27,4)26-13-16-31(3)24(10-11-25(31)28(26)29(23)36)19(2)14-17-38-30(37)33-20-6-8-21(34)9-7-20/h19-29,34-36H,5-18H2,1-4H3,(H,33,37)/t19-,20?,21?,22-,23-,24-,25+,26+,27+,28+,29-,31-,32-/m1/s1. The van der Waals surface area contributed by atoms with Gasteiger partial charge in [0.25, 0.3) is 0 Å². The molecular formula is C32H55NO5. The Morgan fingerprint density at radius 1 is 0.895 bits per heavy atom. The molecule has 0 radical (unpaired) electrons. The molecule has 0 aromatic carbocycles. The summed E-state index contributed by atoms with van der Waals surface area (Å²) in [6.07, 6.45) is 11.8. The number of ether oxygens (including phenoxy) is 1. The Hall–Kier alpha value is -0.850. The Morgan fingerprint density at radius 2 is 1.58 bits per heavy atom. The Kier molecular flexibility index (Phi) is 8.45. The summed E-state index contributed by atoms with van der Waals surface area (Å²) in [5.74, 6) is 3.33. The van der Waals surface area contributed by atoms with Gasteiger partial charge in [0.15, 0.2) is 0 Å². The predicted molar refractivity (Wildman–Crippen MR) is 148 cm³/mol. The minimum absolute atomic E-state index is 0.121. The van der Waals surface area contributed by atoms with Gasteiger partial charge in [-0.25, -0.2) is 4.79 Å². The summed E-state index contributed by atoms with van der Waals surface area (Å²) in [6, 6.07) is 0.121. The van der Waals surface area contributed by atoms with Crippen LogP contribution in [0.1, 0.15) is 111 Å². The highest BCUT2D eigenvalue weighted by molar-refractivity contribution is 5.67. The molecule has 0 aliphatic heterocycles. The van der Waals surface area contributed by atoms with Gasteiger partial charge in [-0.3, -0.25) is 0 Å². The number of aliphatic hydroxyl groups excluding tert-OH is 3.